The highest BCUT2D eigenvalue weighted by Gasteiger charge is 2.24. The lowest BCUT2D eigenvalue weighted by atomic mass is 10.0. The van der Waals surface area contributed by atoms with Crippen LogP contribution in [-0.4, -0.2) is 43.3 Å². The van der Waals surface area contributed by atoms with Crippen LogP contribution in [0.2, 0.25) is 0 Å². The van der Waals surface area contributed by atoms with E-state index in [1.807, 2.05) is 0 Å². The summed E-state index contributed by atoms with van der Waals surface area (Å²) in [6, 6.07) is 0. The Labute approximate surface area is 339 Å². The average Bonchev–Trinajstić information content (AvgIpc) is 3.18. The average molecular weight is 799 g/mol. The number of allylic oxidation sites excluding steroid dienone is 4. The number of rotatable bonds is 43. The first-order valence-electron chi connectivity index (χ1n) is 23.0. The third-order valence-electron chi connectivity index (χ3n) is 10.2. The third kappa shape index (κ3) is 42.0. The van der Waals surface area contributed by atoms with E-state index in [9.17, 15) is 19.0 Å². The summed E-state index contributed by atoms with van der Waals surface area (Å²) >= 11 is 0. The van der Waals surface area contributed by atoms with Gasteiger partial charge >= 0.3 is 19.8 Å². The molecule has 0 aromatic rings. The molecular weight excluding hydrogens is 711 g/mol. The Morgan fingerprint density at radius 3 is 1.33 bits per heavy atom. The largest absolute Gasteiger partial charge is 0.472 e. The van der Waals surface area contributed by atoms with Crippen LogP contribution in [0, 0.1) is 0 Å². The fourth-order valence-corrected chi connectivity index (χ4v) is 7.08. The van der Waals surface area contributed by atoms with Crippen molar-refractivity contribution < 1.29 is 37.6 Å². The van der Waals surface area contributed by atoms with Crippen molar-refractivity contribution in [3.63, 3.8) is 0 Å². The number of ether oxygens (including phenoxy) is 2. The van der Waals surface area contributed by atoms with Crippen molar-refractivity contribution in [3.8, 4) is 0 Å². The predicted octanol–water partition coefficient (Wildman–Crippen LogP) is 14.6. The van der Waals surface area contributed by atoms with Crippen molar-refractivity contribution in [3.05, 3.63) is 24.3 Å². The number of hydrogen-bond acceptors (Lipinski definition) is 7. The molecular formula is C46H87O8P. The van der Waals surface area contributed by atoms with Crippen molar-refractivity contribution in [1.82, 2.24) is 0 Å². The summed E-state index contributed by atoms with van der Waals surface area (Å²) in [5.41, 5.74) is 0. The first-order chi connectivity index (χ1) is 26.8. The fraction of sp³-hybridized carbons (Fsp3) is 0.870. The molecule has 0 saturated carbocycles. The molecule has 0 aromatic heterocycles. The molecule has 9 heteroatoms. The number of carbonyl (C=O) groups is 2. The molecule has 0 saturated heterocycles. The van der Waals surface area contributed by atoms with Crippen LogP contribution >= 0.6 is 7.82 Å². The number of carbonyl (C=O) groups excluding carboxylic acids is 2. The maximum Gasteiger partial charge on any atom is 0.472 e. The van der Waals surface area contributed by atoms with Crippen LogP contribution in [0.1, 0.15) is 232 Å². The Balaban J connectivity index is 3.89. The van der Waals surface area contributed by atoms with Gasteiger partial charge in [0.15, 0.2) is 6.10 Å². The Kier molecular flexibility index (Phi) is 41.0. The minimum atomic E-state index is -4.26. The van der Waals surface area contributed by atoms with Crippen molar-refractivity contribution in [1.29, 1.82) is 0 Å². The van der Waals surface area contributed by atoms with Crippen molar-refractivity contribution >= 4 is 19.8 Å². The van der Waals surface area contributed by atoms with E-state index < -0.39 is 26.5 Å². The molecule has 0 heterocycles. The zero-order valence-corrected chi connectivity index (χ0v) is 37.0. The quantitative estimate of drug-likeness (QED) is 0.0281. The number of phosphoric acid groups is 1. The SMILES string of the molecule is CCCC/C=C\C/C=C\CCCCCCCC(=O)OC(COC(=O)CCCCCCCCCCCCCCCCCCCCCCCC)COP(=O)(O)OC. The second-order valence-corrected chi connectivity index (χ2v) is 17.1. The van der Waals surface area contributed by atoms with Gasteiger partial charge < -0.3 is 14.4 Å². The Morgan fingerprint density at radius 2 is 0.891 bits per heavy atom. The first kappa shape index (κ1) is 53.5. The summed E-state index contributed by atoms with van der Waals surface area (Å²) in [6.45, 7) is 3.86. The molecule has 0 bridgehead atoms. The van der Waals surface area contributed by atoms with Gasteiger partial charge in [-0.05, 0) is 38.5 Å². The molecule has 0 aliphatic rings. The minimum absolute atomic E-state index is 0.227. The molecule has 0 amide bonds. The van der Waals surface area contributed by atoms with Crippen LogP contribution < -0.4 is 0 Å². The molecule has 0 fully saturated rings. The van der Waals surface area contributed by atoms with E-state index >= 15 is 0 Å². The van der Waals surface area contributed by atoms with Crippen LogP contribution in [0.4, 0.5) is 0 Å². The van der Waals surface area contributed by atoms with E-state index in [4.69, 9.17) is 14.0 Å². The molecule has 0 rings (SSSR count). The smallest absolute Gasteiger partial charge is 0.462 e. The molecule has 2 atom stereocenters. The summed E-state index contributed by atoms with van der Waals surface area (Å²) in [5.74, 6) is -0.809. The lowest BCUT2D eigenvalue weighted by Gasteiger charge is -2.19. The van der Waals surface area contributed by atoms with Crippen LogP contribution in [-0.2, 0) is 32.7 Å². The zero-order valence-electron chi connectivity index (χ0n) is 36.1. The topological polar surface area (TPSA) is 108 Å². The molecule has 324 valence electrons. The molecule has 2 unspecified atom stereocenters. The Bertz CT molecular complexity index is 952. The van der Waals surface area contributed by atoms with Crippen molar-refractivity contribution in [2.75, 3.05) is 20.3 Å². The number of esters is 2. The van der Waals surface area contributed by atoms with Gasteiger partial charge in [-0.1, -0.05) is 205 Å². The minimum Gasteiger partial charge on any atom is -0.462 e. The van der Waals surface area contributed by atoms with Gasteiger partial charge in [0.2, 0.25) is 0 Å². The van der Waals surface area contributed by atoms with E-state index in [1.165, 1.54) is 135 Å². The van der Waals surface area contributed by atoms with E-state index in [2.05, 4.69) is 42.7 Å². The number of unbranched alkanes of at least 4 members (excludes halogenated alkanes) is 28. The molecule has 1 N–H and O–H groups in total. The molecule has 0 aliphatic carbocycles. The number of phosphoric ester groups is 1. The van der Waals surface area contributed by atoms with Gasteiger partial charge in [-0.15, -0.1) is 0 Å². The zero-order chi connectivity index (χ0) is 40.3. The van der Waals surface area contributed by atoms with Crippen LogP contribution in [0.3, 0.4) is 0 Å². The molecule has 8 nitrogen and oxygen atoms in total. The normalized spacial score (nSPS) is 13.5. The molecule has 55 heavy (non-hydrogen) atoms. The third-order valence-corrected chi connectivity index (χ3v) is 11.1. The van der Waals surface area contributed by atoms with E-state index in [1.54, 1.807) is 0 Å². The summed E-state index contributed by atoms with van der Waals surface area (Å²) in [5, 5.41) is 0. The van der Waals surface area contributed by atoms with E-state index in [-0.39, 0.29) is 19.0 Å². The van der Waals surface area contributed by atoms with Crippen LogP contribution in [0.5, 0.6) is 0 Å². The number of hydrogen-bond donors (Lipinski definition) is 1. The highest BCUT2D eigenvalue weighted by molar-refractivity contribution is 7.47. The highest BCUT2D eigenvalue weighted by atomic mass is 31.2. The maximum absolute atomic E-state index is 12.5. The van der Waals surface area contributed by atoms with Gasteiger partial charge in [0.05, 0.1) is 6.61 Å². The summed E-state index contributed by atoms with van der Waals surface area (Å²) in [4.78, 5) is 34.5. The monoisotopic (exact) mass is 799 g/mol. The van der Waals surface area contributed by atoms with Gasteiger partial charge in [-0.25, -0.2) is 4.57 Å². The molecule has 0 aromatic carbocycles. The lowest BCUT2D eigenvalue weighted by Crippen LogP contribution is -2.29. The van der Waals surface area contributed by atoms with Crippen LogP contribution in [0.25, 0.3) is 0 Å². The standard InChI is InChI=1S/C46H87O8P/c1-4-6-8-10-12-14-16-18-20-21-22-23-24-25-26-27-29-30-32-34-36-38-40-45(47)52-42-44(43-53-55(49,50)51-3)54-46(48)41-39-37-35-33-31-28-19-17-15-13-11-9-7-5-2/h11,13,17,19,44H,4-10,12,14-16,18,20-43H2,1-3H3,(H,49,50)/b13-11-,19-17-. The summed E-state index contributed by atoms with van der Waals surface area (Å²) in [6.07, 6.45) is 48.1. The Morgan fingerprint density at radius 1 is 0.509 bits per heavy atom. The summed E-state index contributed by atoms with van der Waals surface area (Å²) in [7, 11) is -3.20. The maximum atomic E-state index is 12.5. The highest BCUT2D eigenvalue weighted by Crippen LogP contribution is 2.42. The molecule has 0 radical (unpaired) electrons. The lowest BCUT2D eigenvalue weighted by molar-refractivity contribution is -0.161. The fourth-order valence-electron chi connectivity index (χ4n) is 6.62. The Hall–Kier alpha value is -1.47. The van der Waals surface area contributed by atoms with Gasteiger partial charge in [0.1, 0.15) is 6.61 Å². The van der Waals surface area contributed by atoms with Crippen molar-refractivity contribution in [2.45, 2.75) is 238 Å². The van der Waals surface area contributed by atoms with Crippen LogP contribution in [0.15, 0.2) is 24.3 Å². The second kappa shape index (κ2) is 42.1. The summed E-state index contributed by atoms with van der Waals surface area (Å²) < 4.78 is 32.0. The van der Waals surface area contributed by atoms with Gasteiger partial charge in [-0.2, -0.15) is 0 Å². The second-order valence-electron chi connectivity index (χ2n) is 15.5. The first-order valence-corrected chi connectivity index (χ1v) is 24.5. The molecule has 0 spiro atoms. The van der Waals surface area contributed by atoms with Gasteiger partial charge in [0.25, 0.3) is 0 Å². The van der Waals surface area contributed by atoms with E-state index in [0.717, 1.165) is 71.3 Å². The van der Waals surface area contributed by atoms with E-state index in [0.29, 0.717) is 12.8 Å². The van der Waals surface area contributed by atoms with Gasteiger partial charge in [-0.3, -0.25) is 18.6 Å². The van der Waals surface area contributed by atoms with Crippen molar-refractivity contribution in [2.24, 2.45) is 0 Å². The predicted molar refractivity (Wildman–Crippen MR) is 230 cm³/mol. The molecule has 0 aliphatic heterocycles. The van der Waals surface area contributed by atoms with Gasteiger partial charge in [0, 0.05) is 20.0 Å².